The first-order valence-corrected chi connectivity index (χ1v) is 3.05. The zero-order valence-electron chi connectivity index (χ0n) is 6.19. The molecule has 0 radical (unpaired) electrons. The van der Waals surface area contributed by atoms with Crippen molar-refractivity contribution in [3.63, 3.8) is 0 Å². The van der Waals surface area contributed by atoms with E-state index >= 15 is 0 Å². The van der Waals surface area contributed by atoms with Gasteiger partial charge in [0, 0.05) is 6.42 Å². The Morgan fingerprint density at radius 1 is 1.64 bits per heavy atom. The molecule has 0 heterocycles. The Balaban J connectivity index is 0. The van der Waals surface area contributed by atoms with Crippen molar-refractivity contribution in [3.05, 3.63) is 10.1 Å². The second kappa shape index (κ2) is 8.67. The van der Waals surface area contributed by atoms with E-state index in [1.165, 1.54) is 0 Å². The van der Waals surface area contributed by atoms with Crippen molar-refractivity contribution in [2.45, 2.75) is 26.2 Å². The number of hydrogen-bond acceptors (Lipinski definition) is 3. The van der Waals surface area contributed by atoms with Crippen LogP contribution in [0.15, 0.2) is 0 Å². The van der Waals surface area contributed by atoms with Crippen LogP contribution in [0, 0.1) is 10.1 Å². The molecule has 0 rings (SSSR count). The van der Waals surface area contributed by atoms with Crippen LogP contribution in [0.1, 0.15) is 26.2 Å². The first-order valence-electron chi connectivity index (χ1n) is 3.05. The summed E-state index contributed by atoms with van der Waals surface area (Å²) in [5, 5.41) is 21.7. The lowest BCUT2D eigenvalue weighted by Gasteiger charge is -1.85. The van der Waals surface area contributed by atoms with Crippen LogP contribution in [-0.4, -0.2) is 21.4 Å². The molecule has 0 aromatic rings. The summed E-state index contributed by atoms with van der Waals surface area (Å²) in [5.41, 5.74) is 0. The fraction of sp³-hybridized carbons (Fsp3) is 0.800. The van der Waals surface area contributed by atoms with Crippen molar-refractivity contribution in [1.82, 2.24) is 0 Å². The molecule has 0 aromatic carbocycles. The zero-order valence-corrected chi connectivity index (χ0v) is 6.19. The van der Waals surface area contributed by atoms with Crippen LogP contribution in [-0.2, 0) is 4.79 Å². The van der Waals surface area contributed by atoms with Crippen LogP contribution in [0.4, 0.5) is 0 Å². The highest BCUT2D eigenvalue weighted by Gasteiger charge is 1.90. The molecule has 0 fully saturated rings. The Bertz CT molecular complexity index is 120. The Labute approximate surface area is 63.6 Å². The minimum Gasteiger partial charge on any atom is -0.481 e. The molecular weight excluding hydrogens is 154 g/mol. The van der Waals surface area contributed by atoms with Gasteiger partial charge in [-0.25, -0.2) is 0 Å². The van der Waals surface area contributed by atoms with Crippen LogP contribution in [0.25, 0.3) is 0 Å². The second-order valence-corrected chi connectivity index (χ2v) is 1.74. The number of carboxylic acid groups (broad SMARTS) is 1. The van der Waals surface area contributed by atoms with E-state index in [1.807, 2.05) is 6.92 Å². The third kappa shape index (κ3) is 54.1. The summed E-state index contributed by atoms with van der Waals surface area (Å²) >= 11 is 0. The minimum absolute atomic E-state index is 0.316. The summed E-state index contributed by atoms with van der Waals surface area (Å²) in [5.74, 6) is -0.693. The fourth-order valence-electron chi connectivity index (χ4n) is 0.328. The van der Waals surface area contributed by atoms with Crippen molar-refractivity contribution < 1.29 is 20.2 Å². The third-order valence-corrected chi connectivity index (χ3v) is 0.744. The van der Waals surface area contributed by atoms with Crippen LogP contribution in [0.5, 0.6) is 0 Å². The molecule has 66 valence electrons. The van der Waals surface area contributed by atoms with Gasteiger partial charge in [-0.3, -0.25) is 4.79 Å². The van der Waals surface area contributed by atoms with E-state index in [0.29, 0.717) is 6.42 Å². The molecule has 0 saturated heterocycles. The number of unbranched alkanes of at least 4 members (excludes halogenated alkanes) is 1. The molecule has 0 unspecified atom stereocenters. The summed E-state index contributed by atoms with van der Waals surface area (Å²) < 4.78 is 0. The highest BCUT2D eigenvalue weighted by Crippen LogP contribution is 1.91. The number of rotatable bonds is 3. The summed E-state index contributed by atoms with van der Waals surface area (Å²) in [6, 6.07) is 0. The Morgan fingerprint density at radius 2 is 2.00 bits per heavy atom. The summed E-state index contributed by atoms with van der Waals surface area (Å²) in [6.07, 6.45) is 2.08. The van der Waals surface area contributed by atoms with Gasteiger partial charge in [-0.2, -0.15) is 0 Å². The van der Waals surface area contributed by atoms with E-state index in [1.54, 1.807) is 0 Å². The SMILES string of the molecule is CCCCC(=O)O.O=[N+]([O-])O. The van der Waals surface area contributed by atoms with Gasteiger partial charge in [-0.15, -0.1) is 10.1 Å². The molecule has 0 bridgehead atoms. The van der Waals surface area contributed by atoms with E-state index in [-0.39, 0.29) is 0 Å². The predicted molar refractivity (Wildman–Crippen MR) is 35.9 cm³/mol. The summed E-state index contributed by atoms with van der Waals surface area (Å²) in [6.45, 7) is 1.98. The normalized spacial score (nSPS) is 7.73. The number of hydrogen-bond donors (Lipinski definition) is 2. The lowest BCUT2D eigenvalue weighted by atomic mass is 10.3. The number of aliphatic carboxylic acids is 1. The van der Waals surface area contributed by atoms with E-state index in [0.717, 1.165) is 12.8 Å². The highest BCUT2D eigenvalue weighted by molar-refractivity contribution is 5.66. The fourth-order valence-corrected chi connectivity index (χ4v) is 0.328. The second-order valence-electron chi connectivity index (χ2n) is 1.74. The zero-order chi connectivity index (χ0) is 9.28. The lowest BCUT2D eigenvalue weighted by molar-refractivity contribution is -0.742. The van der Waals surface area contributed by atoms with Gasteiger partial charge in [-0.1, -0.05) is 13.3 Å². The van der Waals surface area contributed by atoms with E-state index in [9.17, 15) is 4.79 Å². The smallest absolute Gasteiger partial charge is 0.303 e. The van der Waals surface area contributed by atoms with Crippen LogP contribution in [0.3, 0.4) is 0 Å². The van der Waals surface area contributed by atoms with Gasteiger partial charge in [0.05, 0.1) is 0 Å². The van der Waals surface area contributed by atoms with Gasteiger partial charge in [0.2, 0.25) is 0 Å². The third-order valence-electron chi connectivity index (χ3n) is 0.744. The van der Waals surface area contributed by atoms with Gasteiger partial charge in [0.15, 0.2) is 0 Å². The molecule has 0 saturated carbocycles. The number of carboxylic acids is 1. The minimum atomic E-state index is -1.50. The Morgan fingerprint density at radius 3 is 2.09 bits per heavy atom. The largest absolute Gasteiger partial charge is 0.481 e. The molecule has 0 aliphatic heterocycles. The molecule has 0 amide bonds. The monoisotopic (exact) mass is 165 g/mol. The molecule has 0 spiro atoms. The van der Waals surface area contributed by atoms with Gasteiger partial charge < -0.3 is 10.3 Å². The van der Waals surface area contributed by atoms with Crippen molar-refractivity contribution >= 4 is 5.97 Å². The Hall–Kier alpha value is -1.33. The molecule has 0 aliphatic carbocycles. The van der Waals surface area contributed by atoms with Gasteiger partial charge in [-0.05, 0) is 6.42 Å². The maximum absolute atomic E-state index is 9.76. The molecule has 0 aliphatic rings. The first kappa shape index (κ1) is 12.4. The Kier molecular flexibility index (Phi) is 9.74. The molecule has 6 nitrogen and oxygen atoms in total. The average Bonchev–Trinajstić information content (AvgIpc) is 1.82. The average molecular weight is 165 g/mol. The quantitative estimate of drug-likeness (QED) is 0.478. The highest BCUT2D eigenvalue weighted by atomic mass is 16.9. The molecule has 2 N–H and O–H groups in total. The lowest BCUT2D eigenvalue weighted by Crippen LogP contribution is -1.91. The number of nitrogens with zero attached hydrogens (tertiary/aromatic N) is 1. The standard InChI is InChI=1S/C5H10O2.HNO3/c1-2-3-4-5(6)7;2-1(3)4/h2-4H2,1H3,(H,6,7);(H,2,3,4). The van der Waals surface area contributed by atoms with Crippen molar-refractivity contribution in [2.24, 2.45) is 0 Å². The predicted octanol–water partition coefficient (Wildman–Crippen LogP) is 0.913. The van der Waals surface area contributed by atoms with Crippen LogP contribution in [0.2, 0.25) is 0 Å². The van der Waals surface area contributed by atoms with E-state index < -0.39 is 11.1 Å². The maximum atomic E-state index is 9.76. The molecule has 0 aromatic heterocycles. The number of carbonyl (C=O) groups is 1. The maximum Gasteiger partial charge on any atom is 0.303 e. The molecule has 11 heavy (non-hydrogen) atoms. The van der Waals surface area contributed by atoms with Crippen LogP contribution < -0.4 is 0 Å². The molecule has 6 heteroatoms. The summed E-state index contributed by atoms with van der Waals surface area (Å²) in [4.78, 5) is 18.1. The van der Waals surface area contributed by atoms with Crippen molar-refractivity contribution in [2.75, 3.05) is 0 Å². The molecule has 0 atom stereocenters. The first-order chi connectivity index (χ1) is 5.00. The van der Waals surface area contributed by atoms with Crippen LogP contribution >= 0.6 is 0 Å². The van der Waals surface area contributed by atoms with Gasteiger partial charge in [0.25, 0.3) is 5.09 Å². The van der Waals surface area contributed by atoms with Gasteiger partial charge in [0.1, 0.15) is 0 Å². The van der Waals surface area contributed by atoms with E-state index in [2.05, 4.69) is 0 Å². The van der Waals surface area contributed by atoms with Crippen molar-refractivity contribution in [1.29, 1.82) is 0 Å². The summed E-state index contributed by atoms with van der Waals surface area (Å²) in [7, 11) is 0. The topological polar surface area (TPSA) is 101 Å². The van der Waals surface area contributed by atoms with Gasteiger partial charge >= 0.3 is 5.97 Å². The molecular formula is C5H11NO5. The van der Waals surface area contributed by atoms with Crippen molar-refractivity contribution in [3.8, 4) is 0 Å². The van der Waals surface area contributed by atoms with E-state index in [4.69, 9.17) is 20.4 Å².